The van der Waals surface area contributed by atoms with Crippen molar-refractivity contribution in [1.29, 1.82) is 0 Å². The van der Waals surface area contributed by atoms with Crippen molar-refractivity contribution in [2.24, 2.45) is 11.5 Å². The van der Waals surface area contributed by atoms with E-state index >= 15 is 0 Å². The smallest absolute Gasteiger partial charge is 0.0178 e. The Bertz CT molecular complexity index is 246. The van der Waals surface area contributed by atoms with Gasteiger partial charge in [0.1, 0.15) is 0 Å². The van der Waals surface area contributed by atoms with Crippen molar-refractivity contribution in [3.63, 3.8) is 0 Å². The zero-order valence-electron chi connectivity index (χ0n) is 9.36. The molecule has 4 N–H and O–H groups in total. The second-order valence-electron chi connectivity index (χ2n) is 4.09. The Hall–Kier alpha value is -0.860. The first-order valence-corrected chi connectivity index (χ1v) is 5.82. The standard InChI is InChI=1S/C7H9N.C6H13N.2CH4.H2/c8-6-7-4-2-1-3-5-7;7-6-4-2-1-3-5-6;;;/h1-5H,6,8H2;6H,1-5,7H2;2*1H4;1H. The summed E-state index contributed by atoms with van der Waals surface area (Å²) >= 11 is 0. The molecular weight excluding hydrogens is 208 g/mol. The molecule has 0 saturated heterocycles. The predicted molar refractivity (Wildman–Crippen MR) is 81.0 cm³/mol. The van der Waals surface area contributed by atoms with Crippen LogP contribution in [-0.2, 0) is 6.54 Å². The lowest BCUT2D eigenvalue weighted by molar-refractivity contribution is 0.441. The quantitative estimate of drug-likeness (QED) is 0.781. The molecule has 0 amide bonds. The van der Waals surface area contributed by atoms with Gasteiger partial charge in [-0.2, -0.15) is 0 Å². The van der Waals surface area contributed by atoms with Crippen LogP contribution in [0.5, 0.6) is 0 Å². The molecule has 1 aromatic carbocycles. The van der Waals surface area contributed by atoms with Crippen molar-refractivity contribution in [3.05, 3.63) is 35.9 Å². The summed E-state index contributed by atoms with van der Waals surface area (Å²) in [5.74, 6) is 0. The SMILES string of the molecule is C.C.NC1CCCCC1.NCc1ccccc1.[HH]. The number of rotatable bonds is 1. The Kier molecular flexibility index (Phi) is 12.6. The fraction of sp³-hybridized carbons (Fsp3) is 0.600. The van der Waals surface area contributed by atoms with Crippen LogP contribution >= 0.6 is 0 Å². The first-order valence-electron chi connectivity index (χ1n) is 5.82. The molecule has 0 unspecified atom stereocenters. The van der Waals surface area contributed by atoms with E-state index in [0.29, 0.717) is 12.6 Å². The Balaban J connectivity index is -0.000000215. The van der Waals surface area contributed by atoms with Crippen LogP contribution in [0.15, 0.2) is 30.3 Å². The van der Waals surface area contributed by atoms with E-state index in [2.05, 4.69) is 0 Å². The van der Waals surface area contributed by atoms with Gasteiger partial charge >= 0.3 is 0 Å². The minimum absolute atomic E-state index is 0. The van der Waals surface area contributed by atoms with Crippen LogP contribution < -0.4 is 11.5 Å². The van der Waals surface area contributed by atoms with Gasteiger partial charge in [0.05, 0.1) is 0 Å². The summed E-state index contributed by atoms with van der Waals surface area (Å²) in [4.78, 5) is 0. The molecular formula is C15H32N2. The molecule has 1 saturated carbocycles. The van der Waals surface area contributed by atoms with Crippen molar-refractivity contribution in [2.75, 3.05) is 0 Å². The minimum atomic E-state index is 0. The fourth-order valence-electron chi connectivity index (χ4n) is 1.75. The van der Waals surface area contributed by atoms with Gasteiger partial charge in [-0.3, -0.25) is 0 Å². The summed E-state index contributed by atoms with van der Waals surface area (Å²) in [5, 5.41) is 0. The molecule has 0 spiro atoms. The number of hydrogen-bond donors (Lipinski definition) is 2. The first kappa shape index (κ1) is 18.5. The van der Waals surface area contributed by atoms with Gasteiger partial charge < -0.3 is 11.5 Å². The molecule has 0 aliphatic heterocycles. The topological polar surface area (TPSA) is 52.0 Å². The van der Waals surface area contributed by atoms with Gasteiger partial charge in [-0.15, -0.1) is 0 Å². The molecule has 0 heterocycles. The van der Waals surface area contributed by atoms with E-state index in [1.165, 1.54) is 37.7 Å². The highest BCUT2D eigenvalue weighted by molar-refractivity contribution is 5.13. The molecule has 2 heteroatoms. The molecule has 0 bridgehead atoms. The van der Waals surface area contributed by atoms with Gasteiger partial charge in [0, 0.05) is 14.0 Å². The van der Waals surface area contributed by atoms with E-state index in [4.69, 9.17) is 11.5 Å². The zero-order chi connectivity index (χ0) is 10.9. The van der Waals surface area contributed by atoms with E-state index in [0.717, 1.165) is 0 Å². The highest BCUT2D eigenvalue weighted by Gasteiger charge is 2.06. The van der Waals surface area contributed by atoms with E-state index in [1.807, 2.05) is 30.3 Å². The van der Waals surface area contributed by atoms with E-state index < -0.39 is 0 Å². The summed E-state index contributed by atoms with van der Waals surface area (Å²) in [6, 6.07) is 10.5. The molecule has 2 rings (SSSR count). The Labute approximate surface area is 109 Å². The lowest BCUT2D eigenvalue weighted by atomic mass is 9.97. The molecule has 1 fully saturated rings. The lowest BCUT2D eigenvalue weighted by Gasteiger charge is -2.15. The minimum Gasteiger partial charge on any atom is -0.328 e. The summed E-state index contributed by atoms with van der Waals surface area (Å²) in [5.41, 5.74) is 12.2. The summed E-state index contributed by atoms with van der Waals surface area (Å²) in [6.07, 6.45) is 6.66. The monoisotopic (exact) mass is 240 g/mol. The van der Waals surface area contributed by atoms with Crippen LogP contribution in [0.25, 0.3) is 0 Å². The van der Waals surface area contributed by atoms with Crippen LogP contribution in [-0.4, -0.2) is 6.04 Å². The average molecular weight is 240 g/mol. The molecule has 0 aromatic heterocycles. The number of hydrogen-bond acceptors (Lipinski definition) is 2. The predicted octanol–water partition coefficient (Wildman–Crippen LogP) is 3.94. The van der Waals surface area contributed by atoms with Gasteiger partial charge in [-0.25, -0.2) is 0 Å². The van der Waals surface area contributed by atoms with Crippen molar-refractivity contribution >= 4 is 0 Å². The van der Waals surface area contributed by atoms with Crippen LogP contribution in [0.4, 0.5) is 0 Å². The van der Waals surface area contributed by atoms with Crippen LogP contribution in [0.1, 0.15) is 53.9 Å². The molecule has 102 valence electrons. The molecule has 17 heavy (non-hydrogen) atoms. The van der Waals surface area contributed by atoms with Crippen molar-refractivity contribution in [3.8, 4) is 0 Å². The third-order valence-corrected chi connectivity index (χ3v) is 2.73. The van der Waals surface area contributed by atoms with Crippen LogP contribution in [0.3, 0.4) is 0 Å². The van der Waals surface area contributed by atoms with E-state index in [1.54, 1.807) is 0 Å². The van der Waals surface area contributed by atoms with Gasteiger partial charge in [0.25, 0.3) is 0 Å². The largest absolute Gasteiger partial charge is 0.328 e. The van der Waals surface area contributed by atoms with Crippen molar-refractivity contribution < 1.29 is 1.43 Å². The summed E-state index contributed by atoms with van der Waals surface area (Å²) in [6.45, 7) is 0.640. The zero-order valence-corrected chi connectivity index (χ0v) is 9.36. The Morgan fingerprint density at radius 1 is 1.00 bits per heavy atom. The Morgan fingerprint density at radius 3 is 1.82 bits per heavy atom. The van der Waals surface area contributed by atoms with Gasteiger partial charge in [0.2, 0.25) is 0 Å². The highest BCUT2D eigenvalue weighted by atomic mass is 14.6. The molecule has 1 aliphatic carbocycles. The third-order valence-electron chi connectivity index (χ3n) is 2.73. The number of benzene rings is 1. The second-order valence-corrected chi connectivity index (χ2v) is 4.09. The fourth-order valence-corrected chi connectivity index (χ4v) is 1.75. The second kappa shape index (κ2) is 11.6. The Morgan fingerprint density at radius 2 is 1.53 bits per heavy atom. The maximum atomic E-state index is 5.63. The summed E-state index contributed by atoms with van der Waals surface area (Å²) in [7, 11) is 0. The van der Waals surface area contributed by atoms with E-state index in [9.17, 15) is 0 Å². The van der Waals surface area contributed by atoms with Gasteiger partial charge in [-0.05, 0) is 18.4 Å². The normalized spacial score (nSPS) is 14.7. The van der Waals surface area contributed by atoms with Crippen LogP contribution in [0.2, 0.25) is 0 Å². The van der Waals surface area contributed by atoms with E-state index in [-0.39, 0.29) is 16.3 Å². The molecule has 0 radical (unpaired) electrons. The first-order chi connectivity index (χ1) is 7.33. The van der Waals surface area contributed by atoms with Crippen molar-refractivity contribution in [1.82, 2.24) is 0 Å². The maximum Gasteiger partial charge on any atom is 0.0178 e. The number of nitrogens with two attached hydrogens (primary N) is 2. The van der Waals surface area contributed by atoms with Crippen LogP contribution in [0, 0.1) is 0 Å². The summed E-state index contributed by atoms with van der Waals surface area (Å²) < 4.78 is 0. The highest BCUT2D eigenvalue weighted by Crippen LogP contribution is 2.14. The van der Waals surface area contributed by atoms with Crippen molar-refractivity contribution in [2.45, 2.75) is 59.5 Å². The lowest BCUT2D eigenvalue weighted by Crippen LogP contribution is -2.22. The molecule has 1 aromatic rings. The van der Waals surface area contributed by atoms with Gasteiger partial charge in [0.15, 0.2) is 0 Å². The van der Waals surface area contributed by atoms with Gasteiger partial charge in [-0.1, -0.05) is 64.4 Å². The average Bonchev–Trinajstić information content (AvgIpc) is 2.32. The maximum absolute atomic E-state index is 5.63. The molecule has 2 nitrogen and oxygen atoms in total. The molecule has 1 aliphatic rings. The third kappa shape index (κ3) is 8.90. The molecule has 0 atom stereocenters.